The van der Waals surface area contributed by atoms with E-state index in [1.165, 1.54) is 4.90 Å². The predicted octanol–water partition coefficient (Wildman–Crippen LogP) is 1.64. The number of β-amino-alcohol motifs (C(OH)–C–C–N with tert-alkyl or cyclic N) is 1. The van der Waals surface area contributed by atoms with E-state index in [-0.39, 0.29) is 49.7 Å². The standard InChI is InChI=1S/C27H37N5O5S.ClH/c1-16-22(38-15-30-16)18-7-5-17(6-8-18)12-29-25(35)21-11-19(33)13-32(21)26(36)23(27(2,3)4)31-24(34)20-14-37-10-9-28-20;/h5-8,15,19-21,23,28,33H,9-14H2,1-4H3,(H,29,35)(H,31,34);1H/t19-,20-,21+,23-;/m1./s1. The van der Waals surface area contributed by atoms with Crippen LogP contribution in [-0.4, -0.2) is 83.2 Å². The molecule has 2 fully saturated rings. The Hall–Kier alpha value is -2.57. The Labute approximate surface area is 239 Å². The van der Waals surface area contributed by atoms with Crippen molar-refractivity contribution in [1.29, 1.82) is 0 Å². The van der Waals surface area contributed by atoms with Crippen LogP contribution in [0.5, 0.6) is 0 Å². The van der Waals surface area contributed by atoms with Gasteiger partial charge in [0.2, 0.25) is 17.7 Å². The van der Waals surface area contributed by atoms with Crippen LogP contribution in [0.3, 0.4) is 0 Å². The smallest absolute Gasteiger partial charge is 0.246 e. The minimum absolute atomic E-state index is 0. The number of carbonyl (C=O) groups excluding carboxylic acids is 3. The molecule has 0 radical (unpaired) electrons. The second kappa shape index (κ2) is 13.2. The molecule has 0 unspecified atom stereocenters. The Morgan fingerprint density at radius 1 is 1.23 bits per heavy atom. The van der Waals surface area contributed by atoms with Crippen LogP contribution in [0.2, 0.25) is 0 Å². The number of benzene rings is 1. The highest BCUT2D eigenvalue weighted by Crippen LogP contribution is 2.28. The fraction of sp³-hybridized carbons (Fsp3) is 0.556. The quantitative estimate of drug-likeness (QED) is 0.392. The molecule has 1 aromatic heterocycles. The summed E-state index contributed by atoms with van der Waals surface area (Å²) >= 11 is 1.58. The van der Waals surface area contributed by atoms with Gasteiger partial charge in [-0.1, -0.05) is 45.0 Å². The average molecular weight is 580 g/mol. The first-order chi connectivity index (χ1) is 18.0. The van der Waals surface area contributed by atoms with E-state index in [1.807, 2.05) is 57.5 Å². The van der Waals surface area contributed by atoms with Gasteiger partial charge in [0.25, 0.3) is 0 Å². The minimum atomic E-state index is -0.873. The first kappa shape index (κ1) is 31.0. The maximum absolute atomic E-state index is 13.7. The molecule has 1 aromatic carbocycles. The van der Waals surface area contributed by atoms with Crippen LogP contribution in [-0.2, 0) is 25.7 Å². The van der Waals surface area contributed by atoms with Crippen molar-refractivity contribution in [3.05, 3.63) is 41.0 Å². The average Bonchev–Trinajstić information content (AvgIpc) is 3.50. The summed E-state index contributed by atoms with van der Waals surface area (Å²) in [5, 5.41) is 19.3. The molecule has 0 spiro atoms. The molecule has 3 heterocycles. The number of aromatic nitrogens is 1. The second-order valence-electron chi connectivity index (χ2n) is 11.0. The molecule has 0 aliphatic carbocycles. The monoisotopic (exact) mass is 579 g/mol. The second-order valence-corrected chi connectivity index (χ2v) is 11.8. The van der Waals surface area contributed by atoms with Crippen molar-refractivity contribution in [2.75, 3.05) is 26.3 Å². The summed E-state index contributed by atoms with van der Waals surface area (Å²) in [6, 6.07) is 5.66. The van der Waals surface area contributed by atoms with Gasteiger partial charge in [0.15, 0.2) is 0 Å². The first-order valence-electron chi connectivity index (χ1n) is 12.9. The number of morpholine rings is 1. The molecule has 3 amide bonds. The van der Waals surface area contributed by atoms with Crippen LogP contribution in [0.4, 0.5) is 0 Å². The fourth-order valence-corrected chi connectivity index (χ4v) is 5.57. The third-order valence-electron chi connectivity index (χ3n) is 6.93. The largest absolute Gasteiger partial charge is 0.391 e. The molecule has 39 heavy (non-hydrogen) atoms. The molecule has 2 aliphatic heterocycles. The molecule has 12 heteroatoms. The highest BCUT2D eigenvalue weighted by Gasteiger charge is 2.45. The summed E-state index contributed by atoms with van der Waals surface area (Å²) in [6.07, 6.45) is -0.675. The highest BCUT2D eigenvalue weighted by atomic mass is 35.5. The predicted molar refractivity (Wildman–Crippen MR) is 152 cm³/mol. The number of amides is 3. The van der Waals surface area contributed by atoms with E-state index in [0.29, 0.717) is 19.7 Å². The summed E-state index contributed by atoms with van der Waals surface area (Å²) in [6.45, 7) is 9.20. The Morgan fingerprint density at radius 3 is 2.54 bits per heavy atom. The maximum atomic E-state index is 13.7. The molecule has 214 valence electrons. The van der Waals surface area contributed by atoms with Gasteiger partial charge < -0.3 is 30.7 Å². The van der Waals surface area contributed by atoms with Crippen molar-refractivity contribution in [3.8, 4) is 10.4 Å². The number of ether oxygens (including phenoxy) is 1. The third-order valence-corrected chi connectivity index (χ3v) is 7.91. The number of aliphatic hydroxyl groups excluding tert-OH is 1. The Kier molecular flexibility index (Phi) is 10.5. The molecule has 0 bridgehead atoms. The molecule has 2 aliphatic rings. The molecule has 2 aromatic rings. The van der Waals surface area contributed by atoms with Crippen LogP contribution in [0.1, 0.15) is 38.4 Å². The molecule has 2 saturated heterocycles. The van der Waals surface area contributed by atoms with Gasteiger partial charge in [-0.25, -0.2) is 4.98 Å². The van der Waals surface area contributed by atoms with Crippen molar-refractivity contribution in [1.82, 2.24) is 25.8 Å². The Balaban J connectivity index is 0.00000420. The zero-order valence-corrected chi connectivity index (χ0v) is 24.4. The van der Waals surface area contributed by atoms with Crippen molar-refractivity contribution >= 4 is 41.5 Å². The minimum Gasteiger partial charge on any atom is -0.391 e. The van der Waals surface area contributed by atoms with E-state index >= 15 is 0 Å². The van der Waals surface area contributed by atoms with Crippen molar-refractivity contribution in [2.24, 2.45) is 5.41 Å². The van der Waals surface area contributed by atoms with Gasteiger partial charge in [0, 0.05) is 26.1 Å². The van der Waals surface area contributed by atoms with Gasteiger partial charge in [-0.05, 0) is 23.5 Å². The summed E-state index contributed by atoms with van der Waals surface area (Å²) in [4.78, 5) is 46.5. The van der Waals surface area contributed by atoms with Gasteiger partial charge in [0.05, 0.1) is 35.4 Å². The Morgan fingerprint density at radius 2 is 1.95 bits per heavy atom. The number of aryl methyl sites for hydroxylation is 1. The molecular formula is C27H38ClN5O5S. The van der Waals surface area contributed by atoms with Gasteiger partial charge in [-0.15, -0.1) is 23.7 Å². The summed E-state index contributed by atoms with van der Waals surface area (Å²) in [5.41, 5.74) is 4.17. The van der Waals surface area contributed by atoms with E-state index in [9.17, 15) is 19.5 Å². The first-order valence-corrected chi connectivity index (χ1v) is 13.8. The lowest BCUT2D eigenvalue weighted by molar-refractivity contribution is -0.144. The highest BCUT2D eigenvalue weighted by molar-refractivity contribution is 7.13. The maximum Gasteiger partial charge on any atom is 0.246 e. The van der Waals surface area contributed by atoms with E-state index in [1.54, 1.807) is 11.3 Å². The summed E-state index contributed by atoms with van der Waals surface area (Å²) in [5.74, 6) is -1.04. The number of likely N-dealkylation sites (tertiary alicyclic amines) is 1. The number of aliphatic hydroxyl groups is 1. The van der Waals surface area contributed by atoms with Crippen LogP contribution in [0.25, 0.3) is 10.4 Å². The van der Waals surface area contributed by atoms with Crippen LogP contribution in [0.15, 0.2) is 29.8 Å². The lowest BCUT2D eigenvalue weighted by atomic mass is 9.85. The topological polar surface area (TPSA) is 133 Å². The van der Waals surface area contributed by atoms with Crippen molar-refractivity contribution < 1.29 is 24.2 Å². The van der Waals surface area contributed by atoms with Crippen LogP contribution >= 0.6 is 23.7 Å². The van der Waals surface area contributed by atoms with E-state index in [2.05, 4.69) is 20.9 Å². The van der Waals surface area contributed by atoms with Gasteiger partial charge in [-0.3, -0.25) is 14.4 Å². The van der Waals surface area contributed by atoms with E-state index in [0.717, 1.165) is 21.7 Å². The number of carbonyl (C=O) groups is 3. The lowest BCUT2D eigenvalue weighted by Crippen LogP contribution is -2.61. The summed E-state index contributed by atoms with van der Waals surface area (Å²) in [7, 11) is 0. The molecular weight excluding hydrogens is 542 g/mol. The lowest BCUT2D eigenvalue weighted by Gasteiger charge is -2.36. The third kappa shape index (κ3) is 7.55. The zero-order valence-electron chi connectivity index (χ0n) is 22.7. The zero-order chi connectivity index (χ0) is 27.4. The number of thiazole rings is 1. The van der Waals surface area contributed by atoms with Gasteiger partial charge in [-0.2, -0.15) is 0 Å². The number of hydrogen-bond donors (Lipinski definition) is 4. The number of nitrogens with one attached hydrogen (secondary N) is 3. The number of halogens is 1. The summed E-state index contributed by atoms with van der Waals surface area (Å²) < 4.78 is 5.38. The molecule has 4 N–H and O–H groups in total. The Bertz CT molecular complexity index is 1150. The van der Waals surface area contributed by atoms with E-state index in [4.69, 9.17) is 4.74 Å². The fourth-order valence-electron chi connectivity index (χ4n) is 4.76. The van der Waals surface area contributed by atoms with Crippen LogP contribution in [0, 0.1) is 12.3 Å². The molecule has 0 saturated carbocycles. The number of nitrogens with zero attached hydrogens (tertiary/aromatic N) is 2. The normalized spacial score (nSPS) is 22.1. The van der Waals surface area contributed by atoms with Crippen LogP contribution < -0.4 is 16.0 Å². The molecule has 4 atom stereocenters. The van der Waals surface area contributed by atoms with Gasteiger partial charge >= 0.3 is 0 Å². The number of rotatable bonds is 7. The van der Waals surface area contributed by atoms with E-state index < -0.39 is 29.6 Å². The SMILES string of the molecule is Cc1ncsc1-c1ccc(CNC(=O)[C@@H]2C[C@@H](O)CN2C(=O)[C@@H](NC(=O)[C@H]2COCCN2)C(C)(C)C)cc1.Cl. The molecule has 10 nitrogen and oxygen atoms in total. The van der Waals surface area contributed by atoms with Crippen molar-refractivity contribution in [2.45, 2.75) is 64.9 Å². The van der Waals surface area contributed by atoms with Crippen molar-refractivity contribution in [3.63, 3.8) is 0 Å². The number of hydrogen-bond acceptors (Lipinski definition) is 8. The van der Waals surface area contributed by atoms with Gasteiger partial charge in [0.1, 0.15) is 18.1 Å². The molecule has 4 rings (SSSR count).